The van der Waals surface area contributed by atoms with Crippen LogP contribution < -0.4 is 10.2 Å². The maximum atomic E-state index is 14.8. The summed E-state index contributed by atoms with van der Waals surface area (Å²) in [6.07, 6.45) is 3.30. The Balaban J connectivity index is 1.88. The normalized spacial score (nSPS) is 17.3. The molecule has 1 aliphatic rings. The molecule has 7 nitrogen and oxygen atoms in total. The van der Waals surface area contributed by atoms with Gasteiger partial charge in [0, 0.05) is 23.5 Å². The fourth-order valence-corrected chi connectivity index (χ4v) is 3.89. The molecule has 1 N–H and O–H groups in total. The minimum Gasteiger partial charge on any atom is -0.495 e. The van der Waals surface area contributed by atoms with Gasteiger partial charge in [-0.15, -0.1) is 0 Å². The number of aromatic nitrogens is 1. The van der Waals surface area contributed by atoms with E-state index in [0.717, 1.165) is 5.56 Å². The van der Waals surface area contributed by atoms with E-state index < -0.39 is 11.4 Å². The molecule has 0 saturated heterocycles. The Hall–Kier alpha value is -3.65. The molecule has 2 heterocycles. The molecular weight excluding hydrogens is 437 g/mol. The van der Waals surface area contributed by atoms with Gasteiger partial charge < -0.3 is 14.3 Å². The van der Waals surface area contributed by atoms with Gasteiger partial charge in [-0.05, 0) is 53.9 Å². The molecule has 4 rings (SSSR count). The Morgan fingerprint density at radius 3 is 2.69 bits per heavy atom. The molecule has 1 aromatic heterocycles. The standard InChI is InChI=1S/C23H19ClFN3O4/c1-14-7-15(11-26-10-14)18-8-16(3-5-20(18)25)23(12-31-22(27-23)28-32-13-29)17-4-6-21(30-2)19(24)9-17/h3-11,13H,12H2,1-2H3,(H,27,28). The van der Waals surface area contributed by atoms with Gasteiger partial charge in [0.1, 0.15) is 18.2 Å². The van der Waals surface area contributed by atoms with E-state index in [1.54, 1.807) is 42.7 Å². The number of benzene rings is 2. The number of aliphatic imine (C=N–C) groups is 1. The molecule has 0 amide bonds. The van der Waals surface area contributed by atoms with Crippen LogP contribution in [-0.4, -0.2) is 31.2 Å². The van der Waals surface area contributed by atoms with Crippen LogP contribution in [0.3, 0.4) is 0 Å². The molecule has 0 fully saturated rings. The first-order chi connectivity index (χ1) is 15.5. The summed E-state index contributed by atoms with van der Waals surface area (Å²) in [5, 5.41) is 0.385. The van der Waals surface area contributed by atoms with Crippen LogP contribution in [0.5, 0.6) is 5.75 Å². The number of amidine groups is 1. The Morgan fingerprint density at radius 2 is 1.97 bits per heavy atom. The van der Waals surface area contributed by atoms with E-state index in [1.165, 1.54) is 13.2 Å². The van der Waals surface area contributed by atoms with Crippen molar-refractivity contribution in [2.45, 2.75) is 12.5 Å². The van der Waals surface area contributed by atoms with Crippen molar-refractivity contribution in [3.05, 3.63) is 82.4 Å². The first kappa shape index (κ1) is 21.6. The van der Waals surface area contributed by atoms with Crippen LogP contribution in [0.4, 0.5) is 4.39 Å². The number of rotatable bonds is 6. The van der Waals surface area contributed by atoms with Gasteiger partial charge in [0.2, 0.25) is 0 Å². The molecule has 164 valence electrons. The summed E-state index contributed by atoms with van der Waals surface area (Å²) in [5.74, 6) is 0.108. The molecule has 0 aliphatic carbocycles. The fourth-order valence-electron chi connectivity index (χ4n) is 3.63. The number of carbonyl (C=O) groups is 1. The molecule has 1 aliphatic heterocycles. The number of hydrogen-bond donors (Lipinski definition) is 1. The van der Waals surface area contributed by atoms with Gasteiger partial charge in [-0.3, -0.25) is 9.78 Å². The topological polar surface area (TPSA) is 82.0 Å². The number of halogens is 2. The lowest BCUT2D eigenvalue weighted by Gasteiger charge is -2.26. The van der Waals surface area contributed by atoms with E-state index in [2.05, 4.69) is 20.3 Å². The van der Waals surface area contributed by atoms with Crippen molar-refractivity contribution in [1.82, 2.24) is 10.5 Å². The lowest BCUT2D eigenvalue weighted by molar-refractivity contribution is -0.132. The molecule has 0 bridgehead atoms. The van der Waals surface area contributed by atoms with Crippen LogP contribution in [-0.2, 0) is 19.9 Å². The largest absolute Gasteiger partial charge is 0.495 e. The third-order valence-corrected chi connectivity index (χ3v) is 5.46. The van der Waals surface area contributed by atoms with Crippen LogP contribution in [0.1, 0.15) is 16.7 Å². The van der Waals surface area contributed by atoms with Crippen molar-refractivity contribution in [2.24, 2.45) is 4.99 Å². The number of hydrogen-bond acceptors (Lipinski definition) is 7. The number of nitrogens with one attached hydrogen (secondary N) is 1. The van der Waals surface area contributed by atoms with Gasteiger partial charge in [0.05, 0.1) is 12.1 Å². The summed E-state index contributed by atoms with van der Waals surface area (Å²) >= 11 is 6.38. The summed E-state index contributed by atoms with van der Waals surface area (Å²) in [7, 11) is 1.52. The molecule has 3 aromatic rings. The predicted octanol–water partition coefficient (Wildman–Crippen LogP) is 4.17. The predicted molar refractivity (Wildman–Crippen MR) is 117 cm³/mol. The quantitative estimate of drug-likeness (QED) is 0.444. The van der Waals surface area contributed by atoms with E-state index in [9.17, 15) is 9.18 Å². The number of methoxy groups -OCH3 is 1. The van der Waals surface area contributed by atoms with Gasteiger partial charge in [0.15, 0.2) is 5.54 Å². The average molecular weight is 456 g/mol. The van der Waals surface area contributed by atoms with Crippen molar-refractivity contribution < 1.29 is 23.5 Å². The maximum Gasteiger partial charge on any atom is 0.320 e. The zero-order valence-corrected chi connectivity index (χ0v) is 18.0. The lowest BCUT2D eigenvalue weighted by atomic mass is 9.83. The van der Waals surface area contributed by atoms with E-state index >= 15 is 0 Å². The number of pyridine rings is 1. The van der Waals surface area contributed by atoms with Gasteiger partial charge in [-0.2, -0.15) is 5.48 Å². The minimum absolute atomic E-state index is 0.00661. The second kappa shape index (κ2) is 8.84. The first-order valence-corrected chi connectivity index (χ1v) is 9.98. The minimum atomic E-state index is -1.08. The molecule has 0 saturated carbocycles. The highest BCUT2D eigenvalue weighted by atomic mass is 35.5. The van der Waals surface area contributed by atoms with Crippen LogP contribution in [0.2, 0.25) is 5.02 Å². The second-order valence-corrected chi connectivity index (χ2v) is 7.58. The maximum absolute atomic E-state index is 14.8. The van der Waals surface area contributed by atoms with Crippen molar-refractivity contribution >= 4 is 24.1 Å². The molecule has 9 heteroatoms. The monoisotopic (exact) mass is 455 g/mol. The van der Waals surface area contributed by atoms with Crippen molar-refractivity contribution in [2.75, 3.05) is 13.7 Å². The molecule has 0 spiro atoms. The summed E-state index contributed by atoms with van der Waals surface area (Å²) in [5.41, 5.74) is 4.52. The molecule has 1 atom stereocenters. The third kappa shape index (κ3) is 3.97. The van der Waals surface area contributed by atoms with E-state index in [1.807, 2.05) is 13.0 Å². The number of aryl methyl sites for hydroxylation is 1. The van der Waals surface area contributed by atoms with Crippen LogP contribution in [0, 0.1) is 12.7 Å². The first-order valence-electron chi connectivity index (χ1n) is 9.61. The fraction of sp³-hybridized carbons (Fsp3) is 0.174. The van der Waals surface area contributed by atoms with E-state index in [-0.39, 0.29) is 19.1 Å². The van der Waals surface area contributed by atoms with Crippen LogP contribution in [0.25, 0.3) is 11.1 Å². The highest BCUT2D eigenvalue weighted by Crippen LogP contribution is 2.42. The molecule has 32 heavy (non-hydrogen) atoms. The van der Waals surface area contributed by atoms with E-state index in [4.69, 9.17) is 21.1 Å². The van der Waals surface area contributed by atoms with Crippen molar-refractivity contribution in [3.63, 3.8) is 0 Å². The molecule has 0 radical (unpaired) electrons. The van der Waals surface area contributed by atoms with Crippen LogP contribution >= 0.6 is 11.6 Å². The summed E-state index contributed by atoms with van der Waals surface area (Å²) in [6, 6.07) is 11.8. The van der Waals surface area contributed by atoms with E-state index in [0.29, 0.717) is 33.0 Å². The van der Waals surface area contributed by atoms with Gasteiger partial charge in [-0.25, -0.2) is 9.38 Å². The Kier molecular flexibility index (Phi) is 5.96. The summed E-state index contributed by atoms with van der Waals surface area (Å²) in [4.78, 5) is 23.9. The Morgan fingerprint density at radius 1 is 1.19 bits per heavy atom. The van der Waals surface area contributed by atoms with Gasteiger partial charge >= 0.3 is 12.5 Å². The van der Waals surface area contributed by atoms with Crippen molar-refractivity contribution in [1.29, 1.82) is 0 Å². The third-order valence-electron chi connectivity index (χ3n) is 5.16. The van der Waals surface area contributed by atoms with Crippen molar-refractivity contribution in [3.8, 4) is 16.9 Å². The zero-order chi connectivity index (χ0) is 22.7. The zero-order valence-electron chi connectivity index (χ0n) is 17.3. The molecule has 2 aromatic carbocycles. The summed E-state index contributed by atoms with van der Waals surface area (Å²) in [6.45, 7) is 2.17. The van der Waals surface area contributed by atoms with Gasteiger partial charge in [0.25, 0.3) is 0 Å². The van der Waals surface area contributed by atoms with Gasteiger partial charge in [-0.1, -0.05) is 23.7 Å². The molecular formula is C23H19ClFN3O4. The number of hydroxylamine groups is 1. The Labute approximate surface area is 188 Å². The molecule has 1 unspecified atom stereocenters. The number of ether oxygens (including phenoxy) is 2. The smallest absolute Gasteiger partial charge is 0.320 e. The SMILES string of the molecule is COc1ccc(C2(c3ccc(F)c(-c4cncc(C)c4)c3)COC(NOC=O)=N2)cc1Cl. The number of nitrogens with zero attached hydrogens (tertiary/aromatic N) is 2. The lowest BCUT2D eigenvalue weighted by Crippen LogP contribution is -2.27. The number of carbonyl (C=O) groups excluding carboxylic acids is 1. The van der Waals surface area contributed by atoms with Crippen LogP contribution in [0.15, 0.2) is 59.9 Å². The Bertz CT molecular complexity index is 1200. The highest BCUT2D eigenvalue weighted by Gasteiger charge is 2.41. The average Bonchev–Trinajstić information content (AvgIpc) is 3.23. The highest BCUT2D eigenvalue weighted by molar-refractivity contribution is 6.32. The second-order valence-electron chi connectivity index (χ2n) is 7.18. The summed E-state index contributed by atoms with van der Waals surface area (Å²) < 4.78 is 25.7.